The lowest BCUT2D eigenvalue weighted by Gasteiger charge is -2.30. The smallest absolute Gasteiger partial charge is 0.314 e. The lowest BCUT2D eigenvalue weighted by atomic mass is 9.87. The Morgan fingerprint density at radius 3 is 2.45 bits per heavy atom. The van der Waals surface area contributed by atoms with E-state index in [2.05, 4.69) is 5.32 Å². The highest BCUT2D eigenvalue weighted by Gasteiger charge is 2.35. The maximum absolute atomic E-state index is 14.8. The third-order valence-electron chi connectivity index (χ3n) is 3.83. The fourth-order valence-electron chi connectivity index (χ4n) is 2.70. The average Bonchev–Trinajstić information content (AvgIpc) is 2.38. The van der Waals surface area contributed by atoms with Gasteiger partial charge in [-0.25, -0.2) is 4.39 Å². The molecule has 1 aliphatic heterocycles. The molecule has 0 radical (unpaired) electrons. The molecule has 5 heteroatoms. The van der Waals surface area contributed by atoms with Gasteiger partial charge in [0.15, 0.2) is 0 Å². The number of hydrogen-bond acceptors (Lipinski definition) is 1. The van der Waals surface area contributed by atoms with Crippen LogP contribution in [0.4, 0.5) is 17.6 Å². The van der Waals surface area contributed by atoms with Crippen LogP contribution in [0.15, 0.2) is 24.3 Å². The summed E-state index contributed by atoms with van der Waals surface area (Å²) in [4.78, 5) is 0. The van der Waals surface area contributed by atoms with Gasteiger partial charge in [0.25, 0.3) is 0 Å². The molecule has 2 atom stereocenters. The number of nitrogens with one attached hydrogen (secondary N) is 1. The number of piperidine rings is 1. The van der Waals surface area contributed by atoms with Gasteiger partial charge in [0.2, 0.25) is 0 Å². The van der Waals surface area contributed by atoms with E-state index in [1.807, 2.05) is 0 Å². The molecular weight excluding hydrogens is 270 g/mol. The van der Waals surface area contributed by atoms with E-state index in [0.29, 0.717) is 0 Å². The monoisotopic (exact) mass is 289 g/mol. The van der Waals surface area contributed by atoms with Crippen molar-refractivity contribution in [1.82, 2.24) is 5.32 Å². The first-order valence-corrected chi connectivity index (χ1v) is 6.89. The van der Waals surface area contributed by atoms with Gasteiger partial charge in [0.05, 0.1) is 5.56 Å². The fourth-order valence-corrected chi connectivity index (χ4v) is 2.70. The van der Waals surface area contributed by atoms with Crippen LogP contribution in [-0.2, 0) is 11.8 Å². The van der Waals surface area contributed by atoms with Crippen molar-refractivity contribution in [3.8, 4) is 0 Å². The molecule has 1 aromatic rings. The molecule has 2 rings (SSSR count). The Labute approximate surface area is 116 Å². The minimum absolute atomic E-state index is 0.0355. The average molecular weight is 289 g/mol. The fraction of sp³-hybridized carbons (Fsp3) is 0.600. The van der Waals surface area contributed by atoms with E-state index in [1.54, 1.807) is 0 Å². The summed E-state index contributed by atoms with van der Waals surface area (Å²) in [6.07, 6.45) is -1.25. The van der Waals surface area contributed by atoms with Crippen molar-refractivity contribution in [2.24, 2.45) is 0 Å². The molecule has 0 bridgehead atoms. The van der Waals surface area contributed by atoms with E-state index >= 15 is 0 Å². The van der Waals surface area contributed by atoms with Crippen LogP contribution < -0.4 is 5.32 Å². The highest BCUT2D eigenvalue weighted by Crippen LogP contribution is 2.36. The van der Waals surface area contributed by atoms with Crippen molar-refractivity contribution >= 4 is 0 Å². The molecule has 1 saturated heterocycles. The van der Waals surface area contributed by atoms with Gasteiger partial charge in [0.1, 0.15) is 5.67 Å². The molecule has 1 heterocycles. The Hall–Kier alpha value is -1.10. The van der Waals surface area contributed by atoms with Gasteiger partial charge in [-0.15, -0.1) is 0 Å². The van der Waals surface area contributed by atoms with Crippen LogP contribution in [0.25, 0.3) is 0 Å². The van der Waals surface area contributed by atoms with Gasteiger partial charge in [-0.2, -0.15) is 13.2 Å². The van der Waals surface area contributed by atoms with Crippen molar-refractivity contribution in [3.05, 3.63) is 35.4 Å². The summed E-state index contributed by atoms with van der Waals surface area (Å²) in [7, 11) is 0. The molecule has 0 spiro atoms. The topological polar surface area (TPSA) is 12.0 Å². The second-order valence-electron chi connectivity index (χ2n) is 5.63. The van der Waals surface area contributed by atoms with Gasteiger partial charge < -0.3 is 5.32 Å². The maximum Gasteiger partial charge on any atom is 0.416 e. The second kappa shape index (κ2) is 5.72. The number of hydrogen-bond donors (Lipinski definition) is 1. The summed E-state index contributed by atoms with van der Waals surface area (Å²) < 4.78 is 52.8. The SMILES string of the molecule is CC(F)(CC1CCCCN1)c1cccc(C(F)(F)F)c1. The largest absolute Gasteiger partial charge is 0.416 e. The molecule has 0 saturated carbocycles. The zero-order valence-electron chi connectivity index (χ0n) is 11.4. The summed E-state index contributed by atoms with van der Waals surface area (Å²) in [6, 6.07) is 4.62. The van der Waals surface area contributed by atoms with E-state index in [-0.39, 0.29) is 18.0 Å². The maximum atomic E-state index is 14.8. The number of alkyl halides is 4. The van der Waals surface area contributed by atoms with Gasteiger partial charge in [0, 0.05) is 12.5 Å². The first-order valence-electron chi connectivity index (χ1n) is 6.89. The third kappa shape index (κ3) is 3.72. The Balaban J connectivity index is 2.15. The van der Waals surface area contributed by atoms with Crippen LogP contribution in [0.3, 0.4) is 0 Å². The zero-order valence-corrected chi connectivity index (χ0v) is 11.4. The Morgan fingerprint density at radius 1 is 1.15 bits per heavy atom. The van der Waals surface area contributed by atoms with Gasteiger partial charge in [-0.3, -0.25) is 0 Å². The van der Waals surface area contributed by atoms with Crippen molar-refractivity contribution < 1.29 is 17.6 Å². The summed E-state index contributed by atoms with van der Waals surface area (Å²) in [6.45, 7) is 2.21. The van der Waals surface area contributed by atoms with E-state index in [0.717, 1.165) is 37.9 Å². The highest BCUT2D eigenvalue weighted by molar-refractivity contribution is 5.29. The van der Waals surface area contributed by atoms with Crippen LogP contribution in [0.1, 0.15) is 43.7 Å². The van der Waals surface area contributed by atoms with Crippen LogP contribution in [0.2, 0.25) is 0 Å². The van der Waals surface area contributed by atoms with E-state index in [9.17, 15) is 17.6 Å². The van der Waals surface area contributed by atoms with E-state index in [4.69, 9.17) is 0 Å². The summed E-state index contributed by atoms with van der Waals surface area (Å²) in [5.74, 6) is 0. The lowest BCUT2D eigenvalue weighted by Crippen LogP contribution is -2.38. The van der Waals surface area contributed by atoms with Gasteiger partial charge in [-0.05, 0) is 44.0 Å². The summed E-state index contributed by atoms with van der Waals surface area (Å²) >= 11 is 0. The zero-order chi connectivity index (χ0) is 14.8. The minimum atomic E-state index is -4.44. The number of benzene rings is 1. The Morgan fingerprint density at radius 2 is 1.85 bits per heavy atom. The molecule has 1 fully saturated rings. The highest BCUT2D eigenvalue weighted by atomic mass is 19.4. The van der Waals surface area contributed by atoms with Crippen molar-refractivity contribution in [2.75, 3.05) is 6.54 Å². The first kappa shape index (κ1) is 15.3. The third-order valence-corrected chi connectivity index (χ3v) is 3.83. The van der Waals surface area contributed by atoms with Crippen molar-refractivity contribution in [2.45, 2.75) is 50.5 Å². The molecule has 20 heavy (non-hydrogen) atoms. The molecule has 1 nitrogen and oxygen atoms in total. The van der Waals surface area contributed by atoms with Crippen LogP contribution in [0.5, 0.6) is 0 Å². The molecule has 0 aromatic heterocycles. The predicted octanol–water partition coefficient (Wildman–Crippen LogP) is 4.42. The minimum Gasteiger partial charge on any atom is -0.314 e. The Bertz CT molecular complexity index is 447. The molecule has 1 N–H and O–H groups in total. The van der Waals surface area contributed by atoms with Crippen molar-refractivity contribution in [3.63, 3.8) is 0 Å². The molecule has 1 aromatic carbocycles. The van der Waals surface area contributed by atoms with Crippen molar-refractivity contribution in [1.29, 1.82) is 0 Å². The Kier molecular flexibility index (Phi) is 4.37. The van der Waals surface area contributed by atoms with E-state index < -0.39 is 17.4 Å². The van der Waals surface area contributed by atoms with Crippen LogP contribution >= 0.6 is 0 Å². The van der Waals surface area contributed by atoms with E-state index in [1.165, 1.54) is 19.1 Å². The van der Waals surface area contributed by atoms with Gasteiger partial charge in [-0.1, -0.05) is 18.6 Å². The molecule has 2 unspecified atom stereocenters. The van der Waals surface area contributed by atoms with Crippen LogP contribution in [-0.4, -0.2) is 12.6 Å². The molecule has 1 aliphatic rings. The normalized spacial score (nSPS) is 23.4. The number of rotatable bonds is 3. The molecule has 0 aliphatic carbocycles. The molecular formula is C15H19F4N. The second-order valence-corrected chi connectivity index (χ2v) is 5.63. The van der Waals surface area contributed by atoms with Crippen LogP contribution in [0, 0.1) is 0 Å². The molecule has 112 valence electrons. The summed E-state index contributed by atoms with van der Waals surface area (Å²) in [5.41, 5.74) is -2.45. The standard InChI is InChI=1S/C15H19F4N/c1-14(16,10-13-7-2-3-8-20-13)11-5-4-6-12(9-11)15(17,18)19/h4-6,9,13,20H,2-3,7-8,10H2,1H3. The summed E-state index contributed by atoms with van der Waals surface area (Å²) in [5, 5.41) is 3.23. The number of halogens is 4. The predicted molar refractivity (Wildman–Crippen MR) is 70.2 cm³/mol. The lowest BCUT2D eigenvalue weighted by molar-refractivity contribution is -0.137. The molecule has 0 amide bonds. The first-order chi connectivity index (χ1) is 9.29. The quantitative estimate of drug-likeness (QED) is 0.812. The van der Waals surface area contributed by atoms with Gasteiger partial charge >= 0.3 is 6.18 Å².